The second-order valence-corrected chi connectivity index (χ2v) is 6.97. The normalized spacial score (nSPS) is 21.2. The van der Waals surface area contributed by atoms with E-state index in [9.17, 15) is 9.50 Å². The number of halogens is 2. The summed E-state index contributed by atoms with van der Waals surface area (Å²) in [5.74, 6) is 1.79. The van der Waals surface area contributed by atoms with Crippen LogP contribution in [0.1, 0.15) is 24.8 Å². The minimum Gasteiger partial charge on any atom is -1.00 e. The van der Waals surface area contributed by atoms with E-state index < -0.39 is 11.5 Å². The number of amidine groups is 1. The molecule has 2 aliphatic heterocycles. The lowest BCUT2D eigenvalue weighted by Gasteiger charge is -2.25. The minimum absolute atomic E-state index is 0. The Morgan fingerprint density at radius 1 is 1.04 bits per heavy atom. The summed E-state index contributed by atoms with van der Waals surface area (Å²) < 4.78 is 27.1. The Hall–Kier alpha value is -2.12. The summed E-state index contributed by atoms with van der Waals surface area (Å²) in [5, 5.41) is 11.6. The summed E-state index contributed by atoms with van der Waals surface area (Å²) in [7, 11) is 3.13. The summed E-state index contributed by atoms with van der Waals surface area (Å²) in [6.07, 6.45) is 2.88. The van der Waals surface area contributed by atoms with E-state index in [0.29, 0.717) is 12.3 Å². The van der Waals surface area contributed by atoms with E-state index in [1.54, 1.807) is 19.2 Å². The van der Waals surface area contributed by atoms with Gasteiger partial charge in [0.15, 0.2) is 6.54 Å². The fourth-order valence-electron chi connectivity index (χ4n) is 4.07. The number of rotatable bonds is 4. The maximum absolute atomic E-state index is 14.8. The van der Waals surface area contributed by atoms with Gasteiger partial charge in [0.25, 0.3) is 11.6 Å². The maximum atomic E-state index is 14.8. The third-order valence-electron chi connectivity index (χ3n) is 5.47. The molecular weight excluding hydrogens is 427 g/mol. The Kier molecular flexibility index (Phi) is 5.95. The minimum atomic E-state index is -1.41. The third kappa shape index (κ3) is 3.37. The van der Waals surface area contributed by atoms with E-state index in [4.69, 9.17) is 9.47 Å². The summed E-state index contributed by atoms with van der Waals surface area (Å²) in [4.78, 5) is 2.09. The molecule has 1 N–H and O–H groups in total. The molecule has 4 rings (SSSR count). The van der Waals surface area contributed by atoms with Crippen LogP contribution in [0.15, 0.2) is 42.5 Å². The van der Waals surface area contributed by atoms with Gasteiger partial charge in [-0.1, -0.05) is 0 Å². The number of ether oxygens (including phenoxy) is 2. The number of methoxy groups -OCH3 is 2. The Labute approximate surface area is 174 Å². The van der Waals surface area contributed by atoms with Crippen LogP contribution < -0.4 is 31.4 Å². The average molecular weight is 451 g/mol. The van der Waals surface area contributed by atoms with Crippen molar-refractivity contribution in [2.24, 2.45) is 0 Å². The molecule has 0 fully saturated rings. The quantitative estimate of drug-likeness (QED) is 0.671. The zero-order valence-electron chi connectivity index (χ0n) is 16.0. The van der Waals surface area contributed by atoms with Gasteiger partial charge in [-0.15, -0.1) is 0 Å². The molecule has 1 atom stereocenters. The first-order valence-electron chi connectivity index (χ1n) is 9.18. The predicted octanol–water partition coefficient (Wildman–Crippen LogP) is 0.107. The zero-order valence-corrected chi connectivity index (χ0v) is 17.6. The molecule has 5 nitrogen and oxygen atoms in total. The molecule has 2 aromatic carbocycles. The van der Waals surface area contributed by atoms with Crippen molar-refractivity contribution < 1.29 is 40.5 Å². The van der Waals surface area contributed by atoms with Crippen molar-refractivity contribution in [3.63, 3.8) is 0 Å². The summed E-state index contributed by atoms with van der Waals surface area (Å²) in [6, 6.07) is 12.4. The van der Waals surface area contributed by atoms with Gasteiger partial charge in [-0.25, -0.2) is 13.9 Å². The van der Waals surface area contributed by atoms with Gasteiger partial charge >= 0.3 is 0 Å². The van der Waals surface area contributed by atoms with Gasteiger partial charge in [-0.2, -0.15) is 0 Å². The molecule has 0 bridgehead atoms. The van der Waals surface area contributed by atoms with Crippen LogP contribution >= 0.6 is 0 Å². The van der Waals surface area contributed by atoms with E-state index in [1.165, 1.54) is 13.2 Å². The molecule has 0 amide bonds. The van der Waals surface area contributed by atoms with Gasteiger partial charge in [0, 0.05) is 12.5 Å². The Bertz CT molecular complexity index is 888. The molecule has 1 unspecified atom stereocenters. The number of aliphatic hydroxyl groups is 1. The number of benzene rings is 2. The van der Waals surface area contributed by atoms with Gasteiger partial charge < -0.3 is 31.6 Å². The molecule has 0 radical (unpaired) electrons. The molecule has 7 heteroatoms. The van der Waals surface area contributed by atoms with Crippen molar-refractivity contribution >= 4 is 11.5 Å². The highest BCUT2D eigenvalue weighted by atomic mass is 79.9. The average Bonchev–Trinajstić information content (AvgIpc) is 3.02. The Balaban J connectivity index is 0.00000225. The molecule has 0 aromatic heterocycles. The molecule has 0 aliphatic carbocycles. The predicted molar refractivity (Wildman–Crippen MR) is 101 cm³/mol. The second-order valence-electron chi connectivity index (χ2n) is 6.97. The van der Waals surface area contributed by atoms with Gasteiger partial charge in [0.2, 0.25) is 0 Å². The first kappa shape index (κ1) is 20.6. The van der Waals surface area contributed by atoms with Crippen LogP contribution in [0.4, 0.5) is 10.1 Å². The first-order chi connectivity index (χ1) is 13.1. The first-order valence-corrected chi connectivity index (χ1v) is 9.18. The van der Waals surface area contributed by atoms with E-state index in [1.807, 2.05) is 28.8 Å². The largest absolute Gasteiger partial charge is 1.00 e. The van der Waals surface area contributed by atoms with Crippen molar-refractivity contribution in [3.05, 3.63) is 53.8 Å². The smallest absolute Gasteiger partial charge is 0.273 e. The highest BCUT2D eigenvalue weighted by Crippen LogP contribution is 2.37. The molecule has 28 heavy (non-hydrogen) atoms. The van der Waals surface area contributed by atoms with Crippen LogP contribution in [-0.4, -0.2) is 42.8 Å². The van der Waals surface area contributed by atoms with E-state index >= 15 is 0 Å². The van der Waals surface area contributed by atoms with Crippen LogP contribution in [-0.2, 0) is 5.72 Å². The van der Waals surface area contributed by atoms with Crippen LogP contribution in [0.2, 0.25) is 0 Å². The molecule has 0 spiro atoms. The lowest BCUT2D eigenvalue weighted by molar-refractivity contribution is -0.661. The van der Waals surface area contributed by atoms with E-state index in [0.717, 1.165) is 36.5 Å². The third-order valence-corrected chi connectivity index (χ3v) is 5.47. The lowest BCUT2D eigenvalue weighted by Crippen LogP contribution is -3.00. The van der Waals surface area contributed by atoms with Crippen LogP contribution in [0.25, 0.3) is 0 Å². The molecule has 0 saturated heterocycles. The lowest BCUT2D eigenvalue weighted by atomic mass is 10.0. The number of β-amino-alcohol motifs (C(OH)–C–C–N with tert-alkyl or cyclic N) is 1. The molecule has 150 valence electrons. The van der Waals surface area contributed by atoms with Crippen LogP contribution in [0.5, 0.6) is 11.5 Å². The summed E-state index contributed by atoms with van der Waals surface area (Å²) >= 11 is 0. The van der Waals surface area contributed by atoms with Crippen LogP contribution in [0, 0.1) is 5.82 Å². The molecular formula is C21H24BrFN2O3. The Morgan fingerprint density at radius 3 is 2.36 bits per heavy atom. The van der Waals surface area contributed by atoms with Gasteiger partial charge in [-0.3, -0.25) is 0 Å². The van der Waals surface area contributed by atoms with Crippen molar-refractivity contribution in [1.29, 1.82) is 0 Å². The van der Waals surface area contributed by atoms with E-state index in [2.05, 4.69) is 4.90 Å². The van der Waals surface area contributed by atoms with Gasteiger partial charge in [0.05, 0.1) is 26.3 Å². The molecule has 2 heterocycles. The van der Waals surface area contributed by atoms with Crippen molar-refractivity contribution in [3.8, 4) is 11.5 Å². The second kappa shape index (κ2) is 8.09. The highest BCUT2D eigenvalue weighted by molar-refractivity contribution is 5.96. The fourth-order valence-corrected chi connectivity index (χ4v) is 4.07. The zero-order chi connectivity index (χ0) is 19.0. The van der Waals surface area contributed by atoms with Crippen LogP contribution in [0.3, 0.4) is 0 Å². The van der Waals surface area contributed by atoms with Crippen molar-refractivity contribution in [1.82, 2.24) is 0 Å². The summed E-state index contributed by atoms with van der Waals surface area (Å²) in [5.41, 5.74) is -0.173. The standard InChI is InChI=1S/C21H24FN2O3.BrH/c1-26-16-8-6-15(7-9-16)23-14-21(25,24-12-4-3-5-20(23)24)18-11-10-17(27-2)13-19(18)22;/h6-11,13,25H,3-5,12,14H2,1-2H3;1H/q+1;/p-1. The molecule has 0 saturated carbocycles. The maximum Gasteiger partial charge on any atom is 0.273 e. The topological polar surface area (TPSA) is 44.9 Å². The van der Waals surface area contributed by atoms with E-state index in [-0.39, 0.29) is 29.1 Å². The van der Waals surface area contributed by atoms with Gasteiger partial charge in [-0.05, 0) is 49.2 Å². The fraction of sp³-hybridized carbons (Fsp3) is 0.381. The number of hydrogen-bond acceptors (Lipinski definition) is 4. The summed E-state index contributed by atoms with van der Waals surface area (Å²) in [6.45, 7) is 0.974. The van der Waals surface area contributed by atoms with Gasteiger partial charge in [0.1, 0.15) is 23.0 Å². The highest BCUT2D eigenvalue weighted by Gasteiger charge is 2.53. The monoisotopic (exact) mass is 450 g/mol. The van der Waals surface area contributed by atoms with Crippen molar-refractivity contribution in [2.45, 2.75) is 25.0 Å². The number of anilines is 1. The molecule has 2 aliphatic rings. The SMILES string of the molecule is COc1ccc(N2CC(O)(c3ccc(OC)cc3F)[N+]3=C2CCCC3)cc1.[Br-]. The van der Waals surface area contributed by atoms with Crippen molar-refractivity contribution in [2.75, 3.05) is 32.2 Å². The Morgan fingerprint density at radius 2 is 1.71 bits per heavy atom. The molecule has 2 aromatic rings. The number of nitrogens with zero attached hydrogens (tertiary/aromatic N) is 2. The number of hydrogen-bond donors (Lipinski definition) is 1.